The first-order chi connectivity index (χ1) is 12.3. The first-order valence-electron chi connectivity index (χ1n) is 7.39. The van der Waals surface area contributed by atoms with Crippen molar-refractivity contribution in [1.82, 2.24) is 10.3 Å². The van der Waals surface area contributed by atoms with Gasteiger partial charge >= 0.3 is 5.97 Å². The van der Waals surface area contributed by atoms with E-state index in [9.17, 15) is 23.2 Å². The summed E-state index contributed by atoms with van der Waals surface area (Å²) in [6, 6.07) is 2.86. The van der Waals surface area contributed by atoms with E-state index in [0.717, 1.165) is 23.5 Å². The lowest BCUT2D eigenvalue weighted by Gasteiger charge is -2.08. The Balaban J connectivity index is 1.75. The van der Waals surface area contributed by atoms with Gasteiger partial charge in [0.2, 0.25) is 5.91 Å². The fraction of sp³-hybridized carbons (Fsp3) is 0.250. The third-order valence-corrected chi connectivity index (χ3v) is 4.13. The molecule has 7 nitrogen and oxygen atoms in total. The molecule has 1 heterocycles. The van der Waals surface area contributed by atoms with Crippen molar-refractivity contribution in [2.24, 2.45) is 0 Å². The third kappa shape index (κ3) is 5.31. The minimum atomic E-state index is -1.10. The van der Waals surface area contributed by atoms with E-state index in [4.69, 9.17) is 4.74 Å². The van der Waals surface area contributed by atoms with E-state index in [1.165, 1.54) is 6.07 Å². The zero-order chi connectivity index (χ0) is 19.3. The standard InChI is InChI=1S/C16H15F2N3O4S/c1-8-15(26-9(2)20-8)16(24)25-7-14(23)19-6-13(22)21-10-3-4-11(17)12(18)5-10/h3-5H,6-7H2,1-2H3,(H,19,23)(H,21,22). The maximum Gasteiger partial charge on any atom is 0.350 e. The summed E-state index contributed by atoms with van der Waals surface area (Å²) in [5, 5.41) is 5.24. The molecule has 0 radical (unpaired) electrons. The first-order valence-corrected chi connectivity index (χ1v) is 8.20. The number of hydrogen-bond acceptors (Lipinski definition) is 6. The largest absolute Gasteiger partial charge is 0.451 e. The Labute approximate surface area is 151 Å². The fourth-order valence-corrected chi connectivity index (χ4v) is 2.74. The van der Waals surface area contributed by atoms with Crippen LogP contribution in [0.1, 0.15) is 20.4 Å². The molecular formula is C16H15F2N3O4S. The second kappa shape index (κ2) is 8.48. The van der Waals surface area contributed by atoms with Crippen molar-refractivity contribution in [1.29, 1.82) is 0 Å². The number of carbonyl (C=O) groups excluding carboxylic acids is 3. The van der Waals surface area contributed by atoms with Crippen molar-refractivity contribution < 1.29 is 27.9 Å². The second-order valence-electron chi connectivity index (χ2n) is 5.18. The normalized spacial score (nSPS) is 10.3. The molecule has 2 aromatic rings. The molecule has 10 heteroatoms. The number of carbonyl (C=O) groups is 3. The third-order valence-electron chi connectivity index (χ3n) is 3.07. The number of aryl methyl sites for hydroxylation is 2. The molecule has 0 saturated heterocycles. The van der Waals surface area contributed by atoms with Gasteiger partial charge in [0, 0.05) is 11.8 Å². The summed E-state index contributed by atoms with van der Waals surface area (Å²) in [5.41, 5.74) is 0.564. The molecule has 0 aliphatic heterocycles. The molecule has 0 spiro atoms. The summed E-state index contributed by atoms with van der Waals surface area (Å²) >= 11 is 1.16. The second-order valence-corrected chi connectivity index (χ2v) is 6.38. The molecule has 26 heavy (non-hydrogen) atoms. The van der Waals surface area contributed by atoms with Crippen LogP contribution < -0.4 is 10.6 Å². The molecule has 0 aliphatic rings. The number of halogens is 2. The van der Waals surface area contributed by atoms with Gasteiger partial charge in [-0.2, -0.15) is 0 Å². The molecule has 0 saturated carbocycles. The predicted molar refractivity (Wildman–Crippen MR) is 89.9 cm³/mol. The SMILES string of the molecule is Cc1nc(C)c(C(=O)OCC(=O)NCC(=O)Nc2ccc(F)c(F)c2)s1. The number of amides is 2. The number of hydrogen-bond donors (Lipinski definition) is 2. The van der Waals surface area contributed by atoms with Crippen molar-refractivity contribution in [2.75, 3.05) is 18.5 Å². The van der Waals surface area contributed by atoms with E-state index < -0.39 is 42.6 Å². The van der Waals surface area contributed by atoms with Crippen LogP contribution in [0, 0.1) is 25.5 Å². The van der Waals surface area contributed by atoms with Crippen molar-refractivity contribution in [3.8, 4) is 0 Å². The summed E-state index contributed by atoms with van der Waals surface area (Å²) in [4.78, 5) is 39.5. The summed E-state index contributed by atoms with van der Waals surface area (Å²) < 4.78 is 30.7. The maximum atomic E-state index is 13.0. The van der Waals surface area contributed by atoms with Gasteiger partial charge in [0.15, 0.2) is 18.2 Å². The van der Waals surface area contributed by atoms with E-state index in [1.807, 2.05) is 0 Å². The van der Waals surface area contributed by atoms with Gasteiger partial charge in [-0.1, -0.05) is 0 Å². The molecule has 1 aromatic carbocycles. The first kappa shape index (κ1) is 19.4. The van der Waals surface area contributed by atoms with Crippen LogP contribution in [0.15, 0.2) is 18.2 Å². The number of rotatable bonds is 6. The minimum Gasteiger partial charge on any atom is -0.451 e. The van der Waals surface area contributed by atoms with Crippen LogP contribution in [0.25, 0.3) is 0 Å². The lowest BCUT2D eigenvalue weighted by molar-refractivity contribution is -0.126. The maximum absolute atomic E-state index is 13.0. The molecular weight excluding hydrogens is 368 g/mol. The van der Waals surface area contributed by atoms with E-state index >= 15 is 0 Å². The predicted octanol–water partition coefficient (Wildman–Crippen LogP) is 1.95. The number of esters is 1. The van der Waals surface area contributed by atoms with Crippen molar-refractivity contribution >= 4 is 34.8 Å². The van der Waals surface area contributed by atoms with Gasteiger partial charge in [-0.15, -0.1) is 11.3 Å². The smallest absolute Gasteiger partial charge is 0.350 e. The molecule has 2 N–H and O–H groups in total. The molecule has 1 aromatic heterocycles. The summed E-state index contributed by atoms with van der Waals surface area (Å²) in [6.45, 7) is 2.41. The van der Waals surface area contributed by atoms with Crippen molar-refractivity contribution in [2.45, 2.75) is 13.8 Å². The van der Waals surface area contributed by atoms with Gasteiger partial charge < -0.3 is 15.4 Å². The highest BCUT2D eigenvalue weighted by Crippen LogP contribution is 2.18. The summed E-state index contributed by atoms with van der Waals surface area (Å²) in [6.07, 6.45) is 0. The Hall–Kier alpha value is -2.88. The molecule has 0 atom stereocenters. The number of ether oxygens (including phenoxy) is 1. The monoisotopic (exact) mass is 383 g/mol. The molecule has 138 valence electrons. The average Bonchev–Trinajstić information content (AvgIpc) is 2.92. The molecule has 2 rings (SSSR count). The quantitative estimate of drug-likeness (QED) is 0.743. The average molecular weight is 383 g/mol. The Kier molecular flexibility index (Phi) is 6.34. The zero-order valence-electron chi connectivity index (χ0n) is 13.9. The lowest BCUT2D eigenvalue weighted by atomic mass is 10.3. The van der Waals surface area contributed by atoms with E-state index in [0.29, 0.717) is 15.6 Å². The van der Waals surface area contributed by atoms with Crippen LogP contribution in [0.3, 0.4) is 0 Å². The Bertz CT molecular complexity index is 854. The highest BCUT2D eigenvalue weighted by Gasteiger charge is 2.17. The van der Waals surface area contributed by atoms with E-state index in [-0.39, 0.29) is 5.69 Å². The fourth-order valence-electron chi connectivity index (χ4n) is 1.93. The minimum absolute atomic E-state index is 0.0469. The van der Waals surface area contributed by atoms with Gasteiger partial charge in [-0.05, 0) is 26.0 Å². The number of anilines is 1. The van der Waals surface area contributed by atoms with E-state index in [2.05, 4.69) is 15.6 Å². The highest BCUT2D eigenvalue weighted by molar-refractivity contribution is 7.13. The molecule has 0 unspecified atom stereocenters. The number of thiazole rings is 1. The number of aromatic nitrogens is 1. The van der Waals surface area contributed by atoms with Crippen LogP contribution in [-0.4, -0.2) is 35.9 Å². The number of nitrogens with one attached hydrogen (secondary N) is 2. The van der Waals surface area contributed by atoms with Gasteiger partial charge in [-0.3, -0.25) is 9.59 Å². The topological polar surface area (TPSA) is 97.4 Å². The molecule has 0 bridgehead atoms. The Morgan fingerprint density at radius 3 is 2.50 bits per heavy atom. The molecule has 0 fully saturated rings. The van der Waals surface area contributed by atoms with Gasteiger partial charge in [-0.25, -0.2) is 18.6 Å². The number of benzene rings is 1. The molecule has 2 amide bonds. The van der Waals surface area contributed by atoms with E-state index in [1.54, 1.807) is 13.8 Å². The van der Waals surface area contributed by atoms with Crippen LogP contribution in [0.2, 0.25) is 0 Å². The Morgan fingerprint density at radius 2 is 1.88 bits per heavy atom. The zero-order valence-corrected chi connectivity index (χ0v) is 14.7. The van der Waals surface area contributed by atoms with Crippen molar-refractivity contribution in [3.05, 3.63) is 45.4 Å². The summed E-state index contributed by atoms with van der Waals surface area (Å²) in [5.74, 6) is -4.14. The van der Waals surface area contributed by atoms with Crippen LogP contribution in [0.5, 0.6) is 0 Å². The lowest BCUT2D eigenvalue weighted by Crippen LogP contribution is -2.35. The number of nitrogens with zero attached hydrogens (tertiary/aromatic N) is 1. The highest BCUT2D eigenvalue weighted by atomic mass is 32.1. The van der Waals surface area contributed by atoms with Crippen LogP contribution in [-0.2, 0) is 14.3 Å². The van der Waals surface area contributed by atoms with Gasteiger partial charge in [0.05, 0.1) is 17.2 Å². The van der Waals surface area contributed by atoms with Gasteiger partial charge in [0.25, 0.3) is 5.91 Å². The van der Waals surface area contributed by atoms with Gasteiger partial charge in [0.1, 0.15) is 4.88 Å². The Morgan fingerprint density at radius 1 is 1.15 bits per heavy atom. The molecule has 0 aliphatic carbocycles. The summed E-state index contributed by atoms with van der Waals surface area (Å²) in [7, 11) is 0. The van der Waals surface area contributed by atoms with Crippen LogP contribution in [0.4, 0.5) is 14.5 Å². The van der Waals surface area contributed by atoms with Crippen molar-refractivity contribution in [3.63, 3.8) is 0 Å². The van der Waals surface area contributed by atoms with Crippen LogP contribution >= 0.6 is 11.3 Å².